The Morgan fingerprint density at radius 3 is 2.39 bits per heavy atom. The van der Waals surface area contributed by atoms with Crippen LogP contribution < -0.4 is 4.90 Å². The largest absolute Gasteiger partial charge is 0.444 e. The van der Waals surface area contributed by atoms with E-state index in [2.05, 4.69) is 0 Å². The van der Waals surface area contributed by atoms with Crippen LogP contribution in [0.1, 0.15) is 31.9 Å². The van der Waals surface area contributed by atoms with E-state index in [1.807, 2.05) is 31.7 Å². The molecule has 0 saturated carbocycles. The number of fused-ring (bicyclic) bond motifs is 1. The first-order chi connectivity index (χ1) is 10.8. The fourth-order valence-electron chi connectivity index (χ4n) is 2.91. The number of nitrogens with zero attached hydrogens (tertiary/aromatic N) is 2. The molecule has 6 heteroatoms. The lowest BCUT2D eigenvalue weighted by Gasteiger charge is -2.29. The first-order valence-electron chi connectivity index (χ1n) is 7.95. The van der Waals surface area contributed by atoms with Crippen molar-refractivity contribution in [1.82, 2.24) is 4.90 Å². The highest BCUT2D eigenvalue weighted by atomic mass is 19.1. The number of hydrogen-bond acceptors (Lipinski definition) is 4. The van der Waals surface area contributed by atoms with E-state index in [4.69, 9.17) is 9.47 Å². The number of amides is 1. The number of halogens is 1. The molecule has 1 amide bonds. The van der Waals surface area contributed by atoms with Crippen LogP contribution in [0.3, 0.4) is 0 Å². The minimum absolute atomic E-state index is 0.239. The molecule has 1 aromatic rings. The Bertz CT molecular complexity index is 607. The van der Waals surface area contributed by atoms with Crippen LogP contribution in [0.25, 0.3) is 0 Å². The van der Waals surface area contributed by atoms with Crippen LogP contribution in [0, 0.1) is 5.82 Å². The van der Waals surface area contributed by atoms with Crippen LogP contribution in [0.4, 0.5) is 14.9 Å². The zero-order chi connectivity index (χ0) is 16.6. The molecule has 0 aliphatic carbocycles. The fourth-order valence-corrected chi connectivity index (χ4v) is 2.91. The van der Waals surface area contributed by atoms with Crippen molar-refractivity contribution >= 4 is 11.8 Å². The summed E-state index contributed by atoms with van der Waals surface area (Å²) in [6, 6.07) is 3.41. The second kappa shape index (κ2) is 6.00. The van der Waals surface area contributed by atoms with E-state index in [0.717, 1.165) is 11.1 Å². The average molecular weight is 322 g/mol. The van der Waals surface area contributed by atoms with Gasteiger partial charge in [-0.2, -0.15) is 0 Å². The maximum atomic E-state index is 14.4. The molecule has 126 valence electrons. The van der Waals surface area contributed by atoms with Gasteiger partial charge in [0.25, 0.3) is 0 Å². The molecule has 2 aliphatic rings. The highest BCUT2D eigenvalue weighted by molar-refractivity contribution is 5.70. The average Bonchev–Trinajstić information content (AvgIpc) is 2.88. The molecule has 0 spiro atoms. The molecule has 3 rings (SSSR count). The lowest BCUT2D eigenvalue weighted by Crippen LogP contribution is -2.36. The molecule has 0 radical (unpaired) electrons. The van der Waals surface area contributed by atoms with Gasteiger partial charge in [-0.25, -0.2) is 9.18 Å². The number of ether oxygens (including phenoxy) is 2. The molecular formula is C17H23FN2O3. The Kier molecular flexibility index (Phi) is 4.19. The molecule has 5 nitrogen and oxygen atoms in total. The van der Waals surface area contributed by atoms with Gasteiger partial charge >= 0.3 is 6.09 Å². The van der Waals surface area contributed by atoms with Crippen molar-refractivity contribution in [3.63, 3.8) is 0 Å². The van der Waals surface area contributed by atoms with Crippen LogP contribution in [0.15, 0.2) is 12.1 Å². The number of rotatable bonds is 1. The van der Waals surface area contributed by atoms with Crippen LogP contribution in [-0.4, -0.2) is 42.9 Å². The third-order valence-electron chi connectivity index (χ3n) is 3.99. The van der Waals surface area contributed by atoms with Crippen molar-refractivity contribution in [3.05, 3.63) is 29.1 Å². The van der Waals surface area contributed by atoms with Gasteiger partial charge in [0, 0.05) is 26.2 Å². The predicted octanol–water partition coefficient (Wildman–Crippen LogP) is 2.91. The normalized spacial score (nSPS) is 18.1. The smallest absolute Gasteiger partial charge is 0.410 e. The summed E-state index contributed by atoms with van der Waals surface area (Å²) < 4.78 is 25.1. The molecule has 0 bridgehead atoms. The third kappa shape index (κ3) is 3.58. The maximum Gasteiger partial charge on any atom is 0.410 e. The quantitative estimate of drug-likeness (QED) is 0.797. The summed E-state index contributed by atoms with van der Waals surface area (Å²) >= 11 is 0. The molecule has 1 saturated heterocycles. The summed E-state index contributed by atoms with van der Waals surface area (Å²) in [6.45, 7) is 8.96. The van der Waals surface area contributed by atoms with E-state index in [0.29, 0.717) is 45.1 Å². The minimum atomic E-state index is -0.532. The van der Waals surface area contributed by atoms with Gasteiger partial charge in [0.15, 0.2) is 0 Å². The Hall–Kier alpha value is -1.82. The summed E-state index contributed by atoms with van der Waals surface area (Å²) in [5.41, 5.74) is 1.90. The standard InChI is InChI=1S/C17H23FN2O3/c1-17(2,3)23-16(21)20-10-12-8-14(18)15(9-13(12)11-20)19-4-6-22-7-5-19/h8-9H,4-7,10-11H2,1-3H3. The monoisotopic (exact) mass is 322 g/mol. The zero-order valence-electron chi connectivity index (χ0n) is 13.9. The minimum Gasteiger partial charge on any atom is -0.444 e. The number of carbonyl (C=O) groups excluding carboxylic acids is 1. The first kappa shape index (κ1) is 16.1. The van der Waals surface area contributed by atoms with E-state index in [1.54, 1.807) is 11.0 Å². The van der Waals surface area contributed by atoms with Gasteiger partial charge < -0.3 is 14.4 Å². The predicted molar refractivity (Wildman–Crippen MR) is 84.9 cm³/mol. The molecule has 2 aliphatic heterocycles. The lowest BCUT2D eigenvalue weighted by molar-refractivity contribution is 0.0242. The molecule has 2 heterocycles. The van der Waals surface area contributed by atoms with Gasteiger partial charge in [0.2, 0.25) is 0 Å². The summed E-state index contributed by atoms with van der Waals surface area (Å²) in [5, 5.41) is 0. The highest BCUT2D eigenvalue weighted by Gasteiger charge is 2.29. The lowest BCUT2D eigenvalue weighted by atomic mass is 10.1. The van der Waals surface area contributed by atoms with Crippen molar-refractivity contribution in [3.8, 4) is 0 Å². The van der Waals surface area contributed by atoms with Crippen molar-refractivity contribution < 1.29 is 18.7 Å². The van der Waals surface area contributed by atoms with Gasteiger partial charge in [-0.15, -0.1) is 0 Å². The summed E-state index contributed by atoms with van der Waals surface area (Å²) in [5.74, 6) is -0.239. The summed E-state index contributed by atoms with van der Waals surface area (Å²) in [6.07, 6.45) is -0.359. The number of anilines is 1. The number of morpholine rings is 1. The van der Waals surface area contributed by atoms with Gasteiger partial charge in [0.1, 0.15) is 11.4 Å². The Morgan fingerprint density at radius 2 is 1.78 bits per heavy atom. The van der Waals surface area contributed by atoms with Gasteiger partial charge in [-0.3, -0.25) is 4.90 Å². The van der Waals surface area contributed by atoms with Crippen molar-refractivity contribution in [2.24, 2.45) is 0 Å². The van der Waals surface area contributed by atoms with Crippen LogP contribution in [0.2, 0.25) is 0 Å². The number of benzene rings is 1. The van der Waals surface area contributed by atoms with Gasteiger partial charge in [-0.1, -0.05) is 0 Å². The van der Waals surface area contributed by atoms with E-state index >= 15 is 0 Å². The molecule has 1 fully saturated rings. The van der Waals surface area contributed by atoms with Crippen LogP contribution >= 0.6 is 0 Å². The third-order valence-corrected chi connectivity index (χ3v) is 3.99. The molecule has 0 aromatic heterocycles. The summed E-state index contributed by atoms with van der Waals surface area (Å²) in [4.78, 5) is 15.8. The molecule has 0 atom stereocenters. The molecule has 23 heavy (non-hydrogen) atoms. The van der Waals surface area contributed by atoms with E-state index in [9.17, 15) is 9.18 Å². The first-order valence-corrected chi connectivity index (χ1v) is 7.95. The zero-order valence-corrected chi connectivity index (χ0v) is 13.9. The summed E-state index contributed by atoms with van der Waals surface area (Å²) in [7, 11) is 0. The highest BCUT2D eigenvalue weighted by Crippen LogP contribution is 2.31. The Labute approximate surface area is 136 Å². The van der Waals surface area contributed by atoms with E-state index < -0.39 is 5.60 Å². The second-order valence-electron chi connectivity index (χ2n) is 7.01. The van der Waals surface area contributed by atoms with Crippen molar-refractivity contribution in [1.29, 1.82) is 0 Å². The van der Waals surface area contributed by atoms with Crippen molar-refractivity contribution in [2.45, 2.75) is 39.5 Å². The Morgan fingerprint density at radius 1 is 1.17 bits per heavy atom. The fraction of sp³-hybridized carbons (Fsp3) is 0.588. The molecule has 0 unspecified atom stereocenters. The molecular weight excluding hydrogens is 299 g/mol. The van der Waals surface area contributed by atoms with Gasteiger partial charge in [0.05, 0.1) is 18.9 Å². The molecule has 0 N–H and O–H groups in total. The maximum absolute atomic E-state index is 14.4. The number of hydrogen-bond donors (Lipinski definition) is 0. The molecule has 1 aromatic carbocycles. The Balaban J connectivity index is 1.76. The van der Waals surface area contributed by atoms with Crippen molar-refractivity contribution in [2.75, 3.05) is 31.2 Å². The second-order valence-corrected chi connectivity index (χ2v) is 7.01. The van der Waals surface area contributed by atoms with E-state index in [1.165, 1.54) is 0 Å². The SMILES string of the molecule is CC(C)(C)OC(=O)N1Cc2cc(F)c(N3CCOCC3)cc2C1. The van der Waals surface area contributed by atoms with E-state index in [-0.39, 0.29) is 11.9 Å². The topological polar surface area (TPSA) is 42.0 Å². The van der Waals surface area contributed by atoms with Gasteiger partial charge in [-0.05, 0) is 44.0 Å². The van der Waals surface area contributed by atoms with Crippen LogP contribution in [0.5, 0.6) is 0 Å². The van der Waals surface area contributed by atoms with Crippen LogP contribution in [-0.2, 0) is 22.6 Å². The number of carbonyl (C=O) groups is 1.